The number of pyridine rings is 1. The standard InChI is InChI=1S/C21H26N4O2S/c1-5-21(6-2,28-4)13-23-19(26)15-9-7-8-14(10-15)16-11-17-18(22-12-16)24-20(27)25(17)3/h7-12H,5-6,13H2,1-4H3,(H,23,26)(H,22,24,27). The second kappa shape index (κ2) is 8.22. The van der Waals surface area contributed by atoms with Gasteiger partial charge in [-0.3, -0.25) is 14.3 Å². The molecular weight excluding hydrogens is 372 g/mol. The summed E-state index contributed by atoms with van der Waals surface area (Å²) < 4.78 is 1.60. The lowest BCUT2D eigenvalue weighted by Gasteiger charge is -2.29. The minimum atomic E-state index is -0.197. The van der Waals surface area contributed by atoms with Crippen LogP contribution in [0.1, 0.15) is 37.0 Å². The van der Waals surface area contributed by atoms with Crippen LogP contribution >= 0.6 is 11.8 Å². The number of hydrogen-bond donors (Lipinski definition) is 2. The fourth-order valence-corrected chi connectivity index (χ4v) is 4.10. The van der Waals surface area contributed by atoms with Gasteiger partial charge in [0.15, 0.2) is 5.65 Å². The van der Waals surface area contributed by atoms with Crippen LogP contribution in [-0.4, -0.2) is 38.0 Å². The van der Waals surface area contributed by atoms with E-state index in [0.717, 1.165) is 29.5 Å². The van der Waals surface area contributed by atoms with E-state index >= 15 is 0 Å². The van der Waals surface area contributed by atoms with Crippen molar-refractivity contribution in [2.75, 3.05) is 12.8 Å². The van der Waals surface area contributed by atoms with E-state index in [4.69, 9.17) is 0 Å². The zero-order valence-corrected chi connectivity index (χ0v) is 17.5. The molecule has 28 heavy (non-hydrogen) atoms. The van der Waals surface area contributed by atoms with Gasteiger partial charge in [-0.1, -0.05) is 26.0 Å². The monoisotopic (exact) mass is 398 g/mol. The number of aromatic nitrogens is 3. The second-order valence-corrected chi connectivity index (χ2v) is 8.21. The lowest BCUT2D eigenvalue weighted by molar-refractivity contribution is 0.0949. The van der Waals surface area contributed by atoms with E-state index in [0.29, 0.717) is 17.8 Å². The van der Waals surface area contributed by atoms with Crippen molar-refractivity contribution in [3.05, 3.63) is 52.6 Å². The number of carbonyl (C=O) groups excluding carboxylic acids is 1. The molecule has 148 valence electrons. The van der Waals surface area contributed by atoms with Crippen LogP contribution in [0.3, 0.4) is 0 Å². The molecule has 3 rings (SSSR count). The Balaban J connectivity index is 1.85. The Morgan fingerprint density at radius 2 is 2.00 bits per heavy atom. The van der Waals surface area contributed by atoms with E-state index in [1.54, 1.807) is 25.0 Å². The molecular formula is C21H26N4O2S. The zero-order valence-electron chi connectivity index (χ0n) is 16.7. The Hall–Kier alpha value is -2.54. The molecule has 0 saturated carbocycles. The molecule has 7 heteroatoms. The van der Waals surface area contributed by atoms with Crippen molar-refractivity contribution in [2.24, 2.45) is 7.05 Å². The highest BCUT2D eigenvalue weighted by atomic mass is 32.2. The van der Waals surface area contributed by atoms with E-state index < -0.39 is 0 Å². The number of fused-ring (bicyclic) bond motifs is 1. The van der Waals surface area contributed by atoms with Crippen LogP contribution in [0.4, 0.5) is 0 Å². The molecule has 0 aliphatic heterocycles. The lowest BCUT2D eigenvalue weighted by Crippen LogP contribution is -2.39. The number of nitrogens with one attached hydrogen (secondary N) is 2. The van der Waals surface area contributed by atoms with Crippen LogP contribution < -0.4 is 11.0 Å². The van der Waals surface area contributed by atoms with Crippen molar-refractivity contribution in [3.63, 3.8) is 0 Å². The van der Waals surface area contributed by atoms with Crippen LogP contribution in [0.5, 0.6) is 0 Å². The van der Waals surface area contributed by atoms with Gasteiger partial charge < -0.3 is 5.32 Å². The van der Waals surface area contributed by atoms with Crippen LogP contribution in [0, 0.1) is 0 Å². The fourth-order valence-electron chi connectivity index (χ4n) is 3.30. The first-order chi connectivity index (χ1) is 13.4. The van der Waals surface area contributed by atoms with E-state index in [1.807, 2.05) is 30.3 Å². The predicted molar refractivity (Wildman–Crippen MR) is 116 cm³/mol. The van der Waals surface area contributed by atoms with Crippen LogP contribution in [-0.2, 0) is 7.05 Å². The highest BCUT2D eigenvalue weighted by Gasteiger charge is 2.25. The first-order valence-corrected chi connectivity index (χ1v) is 10.6. The largest absolute Gasteiger partial charge is 0.351 e. The minimum absolute atomic E-state index is 0.0707. The molecule has 2 N–H and O–H groups in total. The zero-order chi connectivity index (χ0) is 20.3. The molecule has 2 aromatic heterocycles. The van der Waals surface area contributed by atoms with Gasteiger partial charge in [-0.05, 0) is 42.9 Å². The van der Waals surface area contributed by atoms with Crippen molar-refractivity contribution in [2.45, 2.75) is 31.4 Å². The quantitative estimate of drug-likeness (QED) is 0.637. The van der Waals surface area contributed by atoms with Crippen LogP contribution in [0.25, 0.3) is 22.3 Å². The number of benzene rings is 1. The number of imidazole rings is 1. The molecule has 0 unspecified atom stereocenters. The Morgan fingerprint density at radius 3 is 2.68 bits per heavy atom. The van der Waals surface area contributed by atoms with Gasteiger partial charge in [0.05, 0.1) is 5.52 Å². The number of aryl methyl sites for hydroxylation is 1. The summed E-state index contributed by atoms with van der Waals surface area (Å²) >= 11 is 1.81. The molecule has 3 aromatic rings. The molecule has 0 fully saturated rings. The van der Waals surface area contributed by atoms with Gasteiger partial charge in [-0.15, -0.1) is 0 Å². The predicted octanol–water partition coefficient (Wildman–Crippen LogP) is 3.58. The number of carbonyl (C=O) groups is 1. The Morgan fingerprint density at radius 1 is 1.25 bits per heavy atom. The lowest BCUT2D eigenvalue weighted by atomic mass is 10.0. The molecule has 6 nitrogen and oxygen atoms in total. The third-order valence-corrected chi connectivity index (χ3v) is 7.10. The molecule has 1 aromatic carbocycles. The fraction of sp³-hybridized carbons (Fsp3) is 0.381. The van der Waals surface area contributed by atoms with E-state index in [2.05, 4.69) is 35.4 Å². The number of H-pyrrole nitrogens is 1. The summed E-state index contributed by atoms with van der Waals surface area (Å²) in [6.07, 6.45) is 5.82. The third-order valence-electron chi connectivity index (χ3n) is 5.51. The summed E-state index contributed by atoms with van der Waals surface area (Å²) in [6.45, 7) is 4.96. The molecule has 0 bridgehead atoms. The summed E-state index contributed by atoms with van der Waals surface area (Å²) in [5.41, 5.74) is 3.44. The molecule has 0 aliphatic carbocycles. The topological polar surface area (TPSA) is 79.8 Å². The summed E-state index contributed by atoms with van der Waals surface area (Å²) in [7, 11) is 1.70. The van der Waals surface area contributed by atoms with Gasteiger partial charge >= 0.3 is 5.69 Å². The maximum Gasteiger partial charge on any atom is 0.327 e. The summed E-state index contributed by atoms with van der Waals surface area (Å²) in [6, 6.07) is 9.39. The maximum atomic E-state index is 12.7. The van der Waals surface area contributed by atoms with Crippen molar-refractivity contribution < 1.29 is 4.79 Å². The van der Waals surface area contributed by atoms with Gasteiger partial charge in [0, 0.05) is 35.7 Å². The molecule has 0 spiro atoms. The number of rotatable bonds is 7. The molecule has 2 heterocycles. The van der Waals surface area contributed by atoms with Gasteiger partial charge in [0.25, 0.3) is 5.91 Å². The first kappa shape index (κ1) is 20.2. The van der Waals surface area contributed by atoms with E-state index in [9.17, 15) is 9.59 Å². The molecule has 1 amide bonds. The normalized spacial score (nSPS) is 11.7. The molecule has 0 saturated heterocycles. The van der Waals surface area contributed by atoms with Crippen molar-refractivity contribution in [1.29, 1.82) is 0 Å². The minimum Gasteiger partial charge on any atom is -0.351 e. The Labute approximate surface area is 168 Å². The summed E-state index contributed by atoms with van der Waals surface area (Å²) in [4.78, 5) is 31.5. The average Bonchev–Trinajstić information content (AvgIpc) is 3.02. The number of aromatic amines is 1. The van der Waals surface area contributed by atoms with Crippen LogP contribution in [0.15, 0.2) is 41.3 Å². The second-order valence-electron chi connectivity index (χ2n) is 6.94. The number of hydrogen-bond acceptors (Lipinski definition) is 4. The molecule has 0 aliphatic rings. The first-order valence-electron chi connectivity index (χ1n) is 9.41. The SMILES string of the molecule is CCC(CC)(CNC(=O)c1cccc(-c2cnc3[nH]c(=O)n(C)c3c2)c1)SC. The van der Waals surface area contributed by atoms with Crippen LogP contribution in [0.2, 0.25) is 0 Å². The maximum absolute atomic E-state index is 12.7. The number of amides is 1. The van der Waals surface area contributed by atoms with Crippen molar-refractivity contribution in [1.82, 2.24) is 19.9 Å². The Kier molecular flexibility index (Phi) is 5.93. The van der Waals surface area contributed by atoms with Gasteiger partial charge in [-0.25, -0.2) is 9.78 Å². The van der Waals surface area contributed by atoms with Crippen molar-refractivity contribution >= 4 is 28.8 Å². The Bertz CT molecular complexity index is 1040. The molecule has 0 atom stereocenters. The van der Waals surface area contributed by atoms with Gasteiger partial charge in [0.1, 0.15) is 0 Å². The smallest absolute Gasteiger partial charge is 0.327 e. The van der Waals surface area contributed by atoms with E-state index in [-0.39, 0.29) is 16.3 Å². The summed E-state index contributed by atoms with van der Waals surface area (Å²) in [5.74, 6) is -0.0785. The average molecular weight is 399 g/mol. The molecule has 0 radical (unpaired) electrons. The highest BCUT2D eigenvalue weighted by molar-refractivity contribution is 8.00. The highest BCUT2D eigenvalue weighted by Crippen LogP contribution is 2.29. The summed E-state index contributed by atoms with van der Waals surface area (Å²) in [5, 5.41) is 3.09. The number of nitrogens with zero attached hydrogens (tertiary/aromatic N) is 2. The van der Waals surface area contributed by atoms with Gasteiger partial charge in [0.2, 0.25) is 0 Å². The van der Waals surface area contributed by atoms with Crippen molar-refractivity contribution in [3.8, 4) is 11.1 Å². The van der Waals surface area contributed by atoms with E-state index in [1.165, 1.54) is 4.57 Å². The third kappa shape index (κ3) is 3.85. The number of thioether (sulfide) groups is 1. The van der Waals surface area contributed by atoms with Gasteiger partial charge in [-0.2, -0.15) is 11.8 Å².